The van der Waals surface area contributed by atoms with Crippen molar-refractivity contribution in [2.24, 2.45) is 30.0 Å². The van der Waals surface area contributed by atoms with Gasteiger partial charge in [0.05, 0.1) is 24.0 Å². The minimum Gasteiger partial charge on any atom is -0.438 e. The summed E-state index contributed by atoms with van der Waals surface area (Å²) in [6.07, 6.45) is -1.29. The zero-order valence-electron chi connectivity index (χ0n) is 22.5. The Kier molecular flexibility index (Phi) is 6.76. The van der Waals surface area contributed by atoms with E-state index in [2.05, 4.69) is 0 Å². The van der Waals surface area contributed by atoms with Gasteiger partial charge in [0.2, 0.25) is 0 Å². The van der Waals surface area contributed by atoms with Crippen LogP contribution in [0.1, 0.15) is 56.8 Å². The van der Waals surface area contributed by atoms with Crippen LogP contribution in [0.4, 0.5) is 0 Å². The Labute approximate surface area is 287 Å². The normalized spacial score (nSPS) is 22.0. The number of fused-ring (bicyclic) bond motifs is 18. The van der Waals surface area contributed by atoms with E-state index in [-0.39, 0.29) is 17.1 Å². The molecule has 4 aromatic rings. The third-order valence-corrected chi connectivity index (χ3v) is 8.76. The molecule has 0 fully saturated rings. The summed E-state index contributed by atoms with van der Waals surface area (Å²) in [6.45, 7) is 0. The molecule has 1 radical (unpaired) electrons. The number of hydrogen-bond acceptors (Lipinski definition) is 6. The van der Waals surface area contributed by atoms with Crippen molar-refractivity contribution in [1.82, 2.24) is 0 Å². The van der Waals surface area contributed by atoms with Crippen molar-refractivity contribution < 1.29 is 17.1 Å². The maximum atomic E-state index is 6.44. The fraction of sp³-hybridized carbons (Fsp3) is 0.0625. The van der Waals surface area contributed by atoms with Gasteiger partial charge < -0.3 is 20.6 Å². The molecule has 2 unspecified atom stereocenters. The molecule has 5 heterocycles. The molecule has 45 heavy (non-hydrogen) atoms. The molecule has 5 aliphatic heterocycles. The number of amidine groups is 6. The first-order valence-corrected chi connectivity index (χ1v) is 15.0. The van der Waals surface area contributed by atoms with Crippen LogP contribution in [-0.4, -0.2) is 35.0 Å². The van der Waals surface area contributed by atoms with Gasteiger partial charge in [-0.15, -0.1) is 0 Å². The zero-order valence-corrected chi connectivity index (χ0v) is 26.4. The SMILES string of the molecule is Clc1ccc2c(c1)C1=NC3=N/C(=N\C4[N-]C(=NC5=N/C(=N\C2[N-]1)c1cc(Cl)ccc15)c1ccc(Cl)cc14)c1cc(Cl)ccc13.[Cu+2]. The van der Waals surface area contributed by atoms with Crippen LogP contribution < -0.4 is 0 Å². The summed E-state index contributed by atoms with van der Waals surface area (Å²) in [5, 5.41) is 12.0. The number of benzene rings is 4. The molecule has 0 saturated heterocycles. The average Bonchev–Trinajstić information content (AvgIpc) is 3.71. The van der Waals surface area contributed by atoms with Crippen LogP contribution in [0.3, 0.4) is 0 Å². The summed E-state index contributed by atoms with van der Waals surface area (Å²) in [5.74, 6) is 2.71. The predicted molar refractivity (Wildman–Crippen MR) is 177 cm³/mol. The van der Waals surface area contributed by atoms with Crippen LogP contribution in [0.5, 0.6) is 0 Å². The summed E-state index contributed by atoms with van der Waals surface area (Å²) in [6, 6.07) is 22.1. The zero-order chi connectivity index (χ0) is 29.7. The fourth-order valence-electron chi connectivity index (χ4n) is 5.82. The van der Waals surface area contributed by atoms with Gasteiger partial charge in [-0.05, 0) is 70.8 Å². The van der Waals surface area contributed by atoms with Crippen molar-refractivity contribution in [1.29, 1.82) is 0 Å². The number of rotatable bonds is 0. The molecular formula is C32H14Cl4CuN8. The molecule has 0 aromatic heterocycles. The Balaban J connectivity index is 0.00000300. The van der Waals surface area contributed by atoms with Gasteiger partial charge in [-0.3, -0.25) is 9.98 Å². The van der Waals surface area contributed by atoms with Gasteiger partial charge >= 0.3 is 17.1 Å². The maximum absolute atomic E-state index is 6.44. The summed E-state index contributed by atoms with van der Waals surface area (Å²) < 4.78 is 0. The Bertz CT molecular complexity index is 2200. The van der Waals surface area contributed by atoms with Crippen molar-refractivity contribution in [2.75, 3.05) is 0 Å². The first-order valence-electron chi connectivity index (χ1n) is 13.5. The Morgan fingerprint density at radius 2 is 0.867 bits per heavy atom. The van der Waals surface area contributed by atoms with Gasteiger partial charge in [0.1, 0.15) is 0 Å². The van der Waals surface area contributed by atoms with E-state index in [1.165, 1.54) is 0 Å². The Morgan fingerprint density at radius 1 is 0.422 bits per heavy atom. The predicted octanol–water partition coefficient (Wildman–Crippen LogP) is 8.69. The molecule has 0 saturated carbocycles. The first-order chi connectivity index (χ1) is 21.4. The van der Waals surface area contributed by atoms with E-state index in [0.717, 1.165) is 44.5 Å². The van der Waals surface area contributed by atoms with Gasteiger partial charge in [-0.25, -0.2) is 9.98 Å². The second kappa shape index (κ2) is 10.6. The van der Waals surface area contributed by atoms with Crippen LogP contribution in [-0.2, 0) is 17.1 Å². The minimum absolute atomic E-state index is 0. The van der Waals surface area contributed by atoms with E-state index in [4.69, 9.17) is 87.0 Å². The molecule has 0 amide bonds. The Morgan fingerprint density at radius 3 is 1.44 bits per heavy atom. The van der Waals surface area contributed by atoms with Crippen LogP contribution >= 0.6 is 46.4 Å². The second-order valence-electron chi connectivity index (χ2n) is 10.5. The molecule has 0 spiro atoms. The van der Waals surface area contributed by atoms with Gasteiger partial charge in [0, 0.05) is 42.3 Å². The minimum atomic E-state index is -0.659. The smallest absolute Gasteiger partial charge is 0.438 e. The summed E-state index contributed by atoms with van der Waals surface area (Å²) in [5.41, 5.74) is 6.22. The van der Waals surface area contributed by atoms with Crippen LogP contribution in [0.2, 0.25) is 20.1 Å². The molecular weight excluding hydrogens is 702 g/mol. The summed E-state index contributed by atoms with van der Waals surface area (Å²) >= 11 is 25.7. The fourth-order valence-corrected chi connectivity index (χ4v) is 6.51. The van der Waals surface area contributed by atoms with Gasteiger partial charge in [-0.2, -0.15) is 0 Å². The molecule has 8 nitrogen and oxygen atoms in total. The number of hydrogen-bond donors (Lipinski definition) is 0. The van der Waals surface area contributed by atoms with E-state index in [1.807, 2.05) is 54.6 Å². The van der Waals surface area contributed by atoms with Crippen molar-refractivity contribution in [3.05, 3.63) is 148 Å². The molecule has 5 aliphatic rings. The third kappa shape index (κ3) is 4.65. The third-order valence-electron chi connectivity index (χ3n) is 7.82. The topological polar surface area (TPSA) is 102 Å². The van der Waals surface area contributed by atoms with Crippen molar-refractivity contribution in [2.45, 2.75) is 12.3 Å². The number of halogens is 4. The summed E-state index contributed by atoms with van der Waals surface area (Å²) in [7, 11) is 0. The maximum Gasteiger partial charge on any atom is 2.00 e. The van der Waals surface area contributed by atoms with Gasteiger partial charge in [-0.1, -0.05) is 82.3 Å². The van der Waals surface area contributed by atoms with Crippen molar-refractivity contribution in [3.8, 4) is 0 Å². The molecule has 0 aliphatic carbocycles. The molecule has 221 valence electrons. The van der Waals surface area contributed by atoms with Crippen LogP contribution in [0, 0.1) is 0 Å². The summed E-state index contributed by atoms with van der Waals surface area (Å²) in [4.78, 5) is 29.6. The van der Waals surface area contributed by atoms with E-state index in [0.29, 0.717) is 55.1 Å². The average molecular weight is 716 g/mol. The van der Waals surface area contributed by atoms with E-state index >= 15 is 0 Å². The molecule has 8 bridgehead atoms. The van der Waals surface area contributed by atoms with Crippen LogP contribution in [0.25, 0.3) is 10.6 Å². The standard InChI is InChI=1S/C32H14Cl4N8.Cu/c33-13-1-5-17-21(9-13)29-38-25(17)37-26-18-6-2-15(35)11-23(18)31(39-26)44-32-24-12-16(36)4-8-20(24)28(43-32)42-30-22-10-14(34)3-7-19(22)27(40-29)41-30;/h1-12,27,31H;/q-2;+2. The van der Waals surface area contributed by atoms with E-state index in [1.54, 1.807) is 18.2 Å². The molecule has 13 heteroatoms. The van der Waals surface area contributed by atoms with Crippen LogP contribution in [0.15, 0.2) is 103 Å². The first kappa shape index (κ1) is 28.6. The van der Waals surface area contributed by atoms with E-state index < -0.39 is 12.3 Å². The monoisotopic (exact) mass is 713 g/mol. The molecule has 0 N–H and O–H groups in total. The van der Waals surface area contributed by atoms with Crippen molar-refractivity contribution >= 4 is 81.4 Å². The van der Waals surface area contributed by atoms with Gasteiger partial charge in [0.15, 0.2) is 11.7 Å². The largest absolute Gasteiger partial charge is 2.00 e. The van der Waals surface area contributed by atoms with E-state index in [9.17, 15) is 0 Å². The number of nitrogens with zero attached hydrogens (tertiary/aromatic N) is 8. The van der Waals surface area contributed by atoms with Crippen molar-refractivity contribution in [3.63, 3.8) is 0 Å². The Hall–Kier alpha value is -3.82. The van der Waals surface area contributed by atoms with Gasteiger partial charge in [0.25, 0.3) is 0 Å². The second-order valence-corrected chi connectivity index (χ2v) is 12.2. The molecule has 4 aromatic carbocycles. The number of aliphatic imine (C=N–C) groups is 6. The quantitative estimate of drug-likeness (QED) is 0.163. The molecule has 9 rings (SSSR count). The molecule has 2 atom stereocenters.